The van der Waals surface area contributed by atoms with Crippen LogP contribution < -0.4 is 9.46 Å². The third-order valence-electron chi connectivity index (χ3n) is 6.97. The monoisotopic (exact) mass is 579 g/mol. The first-order valence-corrected chi connectivity index (χ1v) is 15.2. The van der Waals surface area contributed by atoms with Crippen molar-refractivity contribution in [3.05, 3.63) is 53.8 Å². The fourth-order valence-electron chi connectivity index (χ4n) is 4.64. The number of hydrogen-bond acceptors (Lipinski definition) is 7. The van der Waals surface area contributed by atoms with Gasteiger partial charge in [0, 0.05) is 31.3 Å². The van der Waals surface area contributed by atoms with Crippen LogP contribution in [0.1, 0.15) is 50.4 Å². The lowest BCUT2D eigenvalue weighted by Crippen LogP contribution is -2.47. The molecular weight excluding hydrogens is 537 g/mol. The number of nitrogens with zero attached hydrogens (tertiary/aromatic N) is 2. The predicted molar refractivity (Wildman–Crippen MR) is 153 cm³/mol. The van der Waals surface area contributed by atoms with Crippen LogP contribution in [0.15, 0.2) is 47.4 Å². The molecule has 1 heterocycles. The van der Waals surface area contributed by atoms with Gasteiger partial charge in [0.15, 0.2) is 0 Å². The van der Waals surface area contributed by atoms with E-state index in [2.05, 4.69) is 9.62 Å². The van der Waals surface area contributed by atoms with Crippen molar-refractivity contribution in [2.75, 3.05) is 45.1 Å². The van der Waals surface area contributed by atoms with Gasteiger partial charge in [-0.1, -0.05) is 6.92 Å². The van der Waals surface area contributed by atoms with Gasteiger partial charge in [0.2, 0.25) is 0 Å². The molecule has 3 rings (SSSR count). The van der Waals surface area contributed by atoms with Crippen molar-refractivity contribution in [1.82, 2.24) is 9.80 Å². The highest BCUT2D eigenvalue weighted by atomic mass is 32.2. The molecule has 0 unspecified atom stereocenters. The molecule has 9 nitrogen and oxygen atoms in total. The standard InChI is InChI=1S/C29H42FN3O6S/c1-20-17-33(21(2)19-34)29(35)26-16-24(31-40(36,37)25-12-9-23(30)10-13-25)11-14-27(26)39-22(3)8-6-7-15-38-28(20)18-32(4)5/h9-14,16,20-22,28,31,34H,6-8,15,17-19H2,1-5H3/t20-,21+,22-,28+/m0/s1. The van der Waals surface area contributed by atoms with Gasteiger partial charge in [-0.05, 0) is 89.7 Å². The summed E-state index contributed by atoms with van der Waals surface area (Å²) in [6.07, 6.45) is 2.19. The third kappa shape index (κ3) is 8.63. The summed E-state index contributed by atoms with van der Waals surface area (Å²) in [6.45, 7) is 7.07. The smallest absolute Gasteiger partial charge is 0.261 e. The van der Waals surface area contributed by atoms with E-state index in [0.29, 0.717) is 25.4 Å². The van der Waals surface area contributed by atoms with Crippen LogP contribution in [0, 0.1) is 11.7 Å². The highest BCUT2D eigenvalue weighted by Gasteiger charge is 2.30. The molecule has 2 aromatic carbocycles. The Labute approximate surface area is 237 Å². The summed E-state index contributed by atoms with van der Waals surface area (Å²) in [5.41, 5.74) is 0.341. The molecule has 0 saturated heterocycles. The van der Waals surface area contributed by atoms with E-state index in [9.17, 15) is 22.7 Å². The number of aliphatic hydroxyl groups is 1. The van der Waals surface area contributed by atoms with Crippen molar-refractivity contribution in [2.24, 2.45) is 5.92 Å². The first-order chi connectivity index (χ1) is 18.9. The average molecular weight is 580 g/mol. The summed E-state index contributed by atoms with van der Waals surface area (Å²) in [7, 11) is -0.0862. The number of ether oxygens (including phenoxy) is 2. The second-order valence-electron chi connectivity index (χ2n) is 10.8. The van der Waals surface area contributed by atoms with E-state index in [-0.39, 0.29) is 46.8 Å². The van der Waals surface area contributed by atoms with Gasteiger partial charge >= 0.3 is 0 Å². The molecule has 0 aromatic heterocycles. The van der Waals surface area contributed by atoms with E-state index in [0.717, 1.165) is 31.4 Å². The largest absolute Gasteiger partial charge is 0.490 e. The summed E-state index contributed by atoms with van der Waals surface area (Å²) in [5.74, 6) is -0.651. The first kappa shape index (κ1) is 31.8. The van der Waals surface area contributed by atoms with Gasteiger partial charge in [-0.15, -0.1) is 0 Å². The highest BCUT2D eigenvalue weighted by molar-refractivity contribution is 7.92. The first-order valence-electron chi connectivity index (χ1n) is 13.7. The van der Waals surface area contributed by atoms with Crippen molar-refractivity contribution in [2.45, 2.75) is 63.2 Å². The maximum absolute atomic E-state index is 14.1. The number of anilines is 1. The van der Waals surface area contributed by atoms with E-state index < -0.39 is 21.9 Å². The predicted octanol–water partition coefficient (Wildman–Crippen LogP) is 3.98. The highest BCUT2D eigenvalue weighted by Crippen LogP contribution is 2.29. The molecule has 11 heteroatoms. The molecule has 0 radical (unpaired) electrons. The lowest BCUT2D eigenvalue weighted by Gasteiger charge is -2.35. The number of likely N-dealkylation sites (N-methyl/N-ethyl adjacent to an activating group) is 1. The number of carbonyl (C=O) groups is 1. The number of rotatable bonds is 7. The van der Waals surface area contributed by atoms with Gasteiger partial charge in [0.25, 0.3) is 15.9 Å². The van der Waals surface area contributed by atoms with Crippen LogP contribution in [0.25, 0.3) is 0 Å². The van der Waals surface area contributed by atoms with Gasteiger partial charge < -0.3 is 24.4 Å². The molecule has 0 aliphatic carbocycles. The number of benzene rings is 2. The molecule has 4 atom stereocenters. The Morgan fingerprint density at radius 2 is 1.85 bits per heavy atom. The van der Waals surface area contributed by atoms with Crippen LogP contribution in [0.2, 0.25) is 0 Å². The SMILES string of the molecule is C[C@H](CO)N1C[C@H](C)[C@@H](CN(C)C)OCCCC[C@H](C)Oc2ccc(NS(=O)(=O)c3ccc(F)cc3)cc2C1=O. The summed E-state index contributed by atoms with van der Waals surface area (Å²) in [6, 6.07) is 8.54. The Hall–Kier alpha value is -2.73. The van der Waals surface area contributed by atoms with Crippen LogP contribution in [0.3, 0.4) is 0 Å². The van der Waals surface area contributed by atoms with Gasteiger partial charge in [-0.25, -0.2) is 12.8 Å². The maximum atomic E-state index is 14.1. The summed E-state index contributed by atoms with van der Waals surface area (Å²) in [5, 5.41) is 10.0. The van der Waals surface area contributed by atoms with Crippen molar-refractivity contribution < 1.29 is 32.2 Å². The molecule has 1 amide bonds. The second-order valence-corrected chi connectivity index (χ2v) is 12.5. The van der Waals surface area contributed by atoms with E-state index in [1.807, 2.05) is 27.9 Å². The zero-order chi connectivity index (χ0) is 29.4. The Balaban J connectivity index is 2.02. The summed E-state index contributed by atoms with van der Waals surface area (Å²) >= 11 is 0. The van der Waals surface area contributed by atoms with Gasteiger partial charge in [-0.2, -0.15) is 0 Å². The zero-order valence-corrected chi connectivity index (χ0v) is 24.8. The molecule has 1 aliphatic heterocycles. The third-order valence-corrected chi connectivity index (χ3v) is 8.37. The van der Waals surface area contributed by atoms with E-state index in [1.165, 1.54) is 24.3 Å². The van der Waals surface area contributed by atoms with E-state index in [4.69, 9.17) is 9.47 Å². The maximum Gasteiger partial charge on any atom is 0.261 e. The Morgan fingerprint density at radius 1 is 1.15 bits per heavy atom. The molecule has 222 valence electrons. The number of hydrogen-bond donors (Lipinski definition) is 2. The minimum Gasteiger partial charge on any atom is -0.490 e. The van der Waals surface area contributed by atoms with Crippen LogP contribution >= 0.6 is 0 Å². The van der Waals surface area contributed by atoms with Crippen LogP contribution in [-0.4, -0.2) is 87.9 Å². The molecular formula is C29H42FN3O6S. The summed E-state index contributed by atoms with van der Waals surface area (Å²) < 4.78 is 54.2. The molecule has 0 spiro atoms. The molecule has 2 N–H and O–H groups in total. The van der Waals surface area contributed by atoms with Crippen LogP contribution in [0.5, 0.6) is 5.75 Å². The number of aliphatic hydroxyl groups excluding tert-OH is 1. The zero-order valence-electron chi connectivity index (χ0n) is 24.0. The van der Waals surface area contributed by atoms with Gasteiger partial charge in [-0.3, -0.25) is 9.52 Å². The molecule has 40 heavy (non-hydrogen) atoms. The lowest BCUT2D eigenvalue weighted by atomic mass is 10.0. The molecule has 0 saturated carbocycles. The fourth-order valence-corrected chi connectivity index (χ4v) is 5.69. The normalized spacial score (nSPS) is 22.2. The van der Waals surface area contributed by atoms with Crippen molar-refractivity contribution in [3.63, 3.8) is 0 Å². The molecule has 0 bridgehead atoms. The topological polar surface area (TPSA) is 108 Å². The second kappa shape index (κ2) is 14.2. The van der Waals surface area contributed by atoms with E-state index in [1.54, 1.807) is 17.9 Å². The van der Waals surface area contributed by atoms with Crippen LogP contribution in [0.4, 0.5) is 10.1 Å². The van der Waals surface area contributed by atoms with Gasteiger partial charge in [0.1, 0.15) is 11.6 Å². The fraction of sp³-hybridized carbons (Fsp3) is 0.552. The number of fused-ring (bicyclic) bond motifs is 1. The molecule has 1 aliphatic rings. The lowest BCUT2D eigenvalue weighted by molar-refractivity contribution is -0.0137. The van der Waals surface area contributed by atoms with Crippen molar-refractivity contribution in [1.29, 1.82) is 0 Å². The Kier molecular flexibility index (Phi) is 11.3. The number of carbonyl (C=O) groups excluding carboxylic acids is 1. The number of sulfonamides is 1. The minimum atomic E-state index is -4.04. The van der Waals surface area contributed by atoms with Crippen molar-refractivity contribution >= 4 is 21.6 Å². The van der Waals surface area contributed by atoms with Crippen LogP contribution in [-0.2, 0) is 14.8 Å². The minimum absolute atomic E-state index is 0.0493. The number of halogens is 1. The quantitative estimate of drug-likeness (QED) is 0.511. The van der Waals surface area contributed by atoms with Gasteiger partial charge in [0.05, 0.1) is 35.3 Å². The average Bonchev–Trinajstić information content (AvgIpc) is 2.90. The number of amides is 1. The number of nitrogens with one attached hydrogen (secondary N) is 1. The van der Waals surface area contributed by atoms with E-state index >= 15 is 0 Å². The summed E-state index contributed by atoms with van der Waals surface area (Å²) in [4.78, 5) is 17.6. The Bertz CT molecular complexity index is 1220. The Morgan fingerprint density at radius 3 is 2.50 bits per heavy atom. The molecule has 0 fully saturated rings. The molecule has 2 aromatic rings. The van der Waals surface area contributed by atoms with Crippen molar-refractivity contribution in [3.8, 4) is 5.75 Å².